The van der Waals surface area contributed by atoms with Crippen LogP contribution in [0.2, 0.25) is 0 Å². The summed E-state index contributed by atoms with van der Waals surface area (Å²) in [6.07, 6.45) is 0.861. The first kappa shape index (κ1) is 9.51. The molecular weight excluding hydrogens is 293 g/mol. The van der Waals surface area contributed by atoms with Gasteiger partial charge in [0, 0.05) is 10.9 Å². The molecule has 0 atom stereocenters. The number of aromatic amines is 1. The molecule has 0 aliphatic heterocycles. The Labute approximate surface area is 94.6 Å². The molecule has 1 aromatic heterocycles. The van der Waals surface area contributed by atoms with E-state index < -0.39 is 0 Å². The van der Waals surface area contributed by atoms with Crippen molar-refractivity contribution in [2.24, 2.45) is 0 Å². The molecule has 0 radical (unpaired) electrons. The Balaban J connectivity index is 2.77. The predicted molar refractivity (Wildman–Crippen MR) is 63.0 cm³/mol. The number of carbonyl (C=O) groups is 1. The number of fused-ring (bicyclic) bond motifs is 1. The van der Waals surface area contributed by atoms with Crippen molar-refractivity contribution in [3.05, 3.63) is 27.5 Å². The fourth-order valence-corrected chi connectivity index (χ4v) is 2.11. The van der Waals surface area contributed by atoms with Crippen LogP contribution in [0.15, 0.2) is 18.2 Å². The van der Waals surface area contributed by atoms with Gasteiger partial charge in [0.25, 0.3) is 0 Å². The van der Waals surface area contributed by atoms with Crippen LogP contribution in [0.5, 0.6) is 5.75 Å². The summed E-state index contributed by atoms with van der Waals surface area (Å²) in [4.78, 5) is 14.0. The topological polar surface area (TPSA) is 42.1 Å². The van der Waals surface area contributed by atoms with E-state index in [1.165, 1.54) is 0 Å². The number of ether oxygens (including phenoxy) is 1. The molecule has 1 N–H and O–H groups in total. The van der Waals surface area contributed by atoms with E-state index in [4.69, 9.17) is 4.74 Å². The molecule has 2 aromatic rings. The number of aromatic nitrogens is 1. The van der Waals surface area contributed by atoms with Crippen molar-refractivity contribution in [2.45, 2.75) is 0 Å². The maximum atomic E-state index is 10.8. The van der Waals surface area contributed by atoms with Gasteiger partial charge in [0.15, 0.2) is 6.29 Å². The summed E-state index contributed by atoms with van der Waals surface area (Å²) in [6, 6.07) is 5.63. The van der Waals surface area contributed by atoms with Gasteiger partial charge in [0.1, 0.15) is 5.75 Å². The third kappa shape index (κ3) is 1.39. The van der Waals surface area contributed by atoms with Crippen molar-refractivity contribution >= 4 is 39.8 Å². The second kappa shape index (κ2) is 3.61. The third-order valence-corrected chi connectivity index (χ3v) is 2.97. The third-order valence-electron chi connectivity index (χ3n) is 2.12. The molecule has 0 saturated heterocycles. The lowest BCUT2D eigenvalue weighted by Gasteiger charge is -1.98. The van der Waals surface area contributed by atoms with Gasteiger partial charge in [-0.25, -0.2) is 0 Å². The normalized spacial score (nSPS) is 10.4. The second-order valence-electron chi connectivity index (χ2n) is 2.88. The highest BCUT2D eigenvalue weighted by molar-refractivity contribution is 14.1. The number of methoxy groups -OCH3 is 1. The van der Waals surface area contributed by atoms with E-state index in [1.807, 2.05) is 18.2 Å². The number of nitrogens with one attached hydrogen (secondary N) is 1. The first-order chi connectivity index (χ1) is 6.76. The van der Waals surface area contributed by atoms with Crippen LogP contribution in [0.25, 0.3) is 10.9 Å². The standard InChI is InChI=1S/C10H8INO2/c1-14-6-2-3-9-7(4-6)8(5-13)10(11)12-9/h2-5,12H,1H3. The SMILES string of the molecule is COc1ccc2[nH]c(I)c(C=O)c2c1. The van der Waals surface area contributed by atoms with Crippen molar-refractivity contribution in [3.63, 3.8) is 0 Å². The maximum Gasteiger partial charge on any atom is 0.153 e. The fraction of sp³-hybridized carbons (Fsp3) is 0.100. The monoisotopic (exact) mass is 301 g/mol. The van der Waals surface area contributed by atoms with Gasteiger partial charge >= 0.3 is 0 Å². The summed E-state index contributed by atoms with van der Waals surface area (Å²) in [5, 5.41) is 0.906. The number of aldehydes is 1. The zero-order chi connectivity index (χ0) is 10.1. The summed E-state index contributed by atoms with van der Waals surface area (Å²) in [5.74, 6) is 0.760. The molecule has 14 heavy (non-hydrogen) atoms. The van der Waals surface area contributed by atoms with Crippen molar-refractivity contribution in [1.82, 2.24) is 4.98 Å². The largest absolute Gasteiger partial charge is 0.497 e. The molecular formula is C10H8INO2. The predicted octanol–water partition coefficient (Wildman–Crippen LogP) is 2.59. The highest BCUT2D eigenvalue weighted by Gasteiger charge is 2.08. The lowest BCUT2D eigenvalue weighted by Crippen LogP contribution is -1.83. The van der Waals surface area contributed by atoms with Crippen molar-refractivity contribution in [2.75, 3.05) is 7.11 Å². The summed E-state index contributed by atoms with van der Waals surface area (Å²) >= 11 is 2.11. The minimum absolute atomic E-state index is 0.694. The average molecular weight is 301 g/mol. The number of halogens is 1. The molecule has 0 spiro atoms. The number of H-pyrrole nitrogens is 1. The van der Waals surface area contributed by atoms with Crippen LogP contribution in [0.3, 0.4) is 0 Å². The first-order valence-electron chi connectivity index (χ1n) is 4.06. The van der Waals surface area contributed by atoms with Crippen LogP contribution in [0.4, 0.5) is 0 Å². The smallest absolute Gasteiger partial charge is 0.153 e. The molecule has 1 heterocycles. The fourth-order valence-electron chi connectivity index (χ4n) is 1.40. The number of carbonyl (C=O) groups excluding carboxylic acids is 1. The molecule has 0 amide bonds. The Hall–Kier alpha value is -1.04. The zero-order valence-electron chi connectivity index (χ0n) is 7.50. The summed E-state index contributed by atoms with van der Waals surface area (Å²) in [7, 11) is 1.61. The highest BCUT2D eigenvalue weighted by atomic mass is 127. The van der Waals surface area contributed by atoms with Gasteiger partial charge in [-0.1, -0.05) is 0 Å². The molecule has 1 aromatic carbocycles. The molecule has 72 valence electrons. The van der Waals surface area contributed by atoms with Crippen molar-refractivity contribution in [1.29, 1.82) is 0 Å². The number of benzene rings is 1. The molecule has 0 bridgehead atoms. The number of rotatable bonds is 2. The molecule has 0 aliphatic carbocycles. The Bertz CT molecular complexity index is 490. The van der Waals surface area contributed by atoms with Crippen LogP contribution < -0.4 is 4.74 Å². The van der Waals surface area contributed by atoms with Gasteiger partial charge in [-0.2, -0.15) is 0 Å². The van der Waals surface area contributed by atoms with Gasteiger partial charge < -0.3 is 9.72 Å². The zero-order valence-corrected chi connectivity index (χ0v) is 9.66. The molecule has 0 unspecified atom stereocenters. The Morgan fingerprint density at radius 3 is 2.93 bits per heavy atom. The van der Waals surface area contributed by atoms with Crippen LogP contribution in [0, 0.1) is 3.70 Å². The Morgan fingerprint density at radius 1 is 1.50 bits per heavy atom. The van der Waals surface area contributed by atoms with E-state index in [1.54, 1.807) is 7.11 Å². The summed E-state index contributed by atoms with van der Waals surface area (Å²) < 4.78 is 5.96. The molecule has 0 saturated carbocycles. The van der Waals surface area contributed by atoms with Gasteiger partial charge in [-0.3, -0.25) is 4.79 Å². The highest BCUT2D eigenvalue weighted by Crippen LogP contribution is 2.26. The lowest BCUT2D eigenvalue weighted by atomic mass is 10.2. The van der Waals surface area contributed by atoms with Gasteiger partial charge in [-0.15, -0.1) is 0 Å². The second-order valence-corrected chi connectivity index (χ2v) is 3.96. The van der Waals surface area contributed by atoms with E-state index >= 15 is 0 Å². The van der Waals surface area contributed by atoms with Crippen molar-refractivity contribution < 1.29 is 9.53 Å². The van der Waals surface area contributed by atoms with Gasteiger partial charge in [-0.05, 0) is 40.8 Å². The van der Waals surface area contributed by atoms with Crippen molar-refractivity contribution in [3.8, 4) is 5.75 Å². The number of hydrogen-bond acceptors (Lipinski definition) is 2. The minimum atomic E-state index is 0.694. The van der Waals surface area contributed by atoms with Gasteiger partial charge in [0.2, 0.25) is 0 Å². The van der Waals surface area contributed by atoms with Crippen LogP contribution in [-0.4, -0.2) is 18.4 Å². The Kier molecular flexibility index (Phi) is 2.45. The van der Waals surface area contributed by atoms with E-state index in [2.05, 4.69) is 27.6 Å². The van der Waals surface area contributed by atoms with E-state index in [0.29, 0.717) is 5.56 Å². The molecule has 0 fully saturated rings. The summed E-state index contributed by atoms with van der Waals surface area (Å²) in [5.41, 5.74) is 1.65. The molecule has 0 aliphatic rings. The van der Waals surface area contributed by atoms with E-state index in [-0.39, 0.29) is 0 Å². The summed E-state index contributed by atoms with van der Waals surface area (Å²) in [6.45, 7) is 0. The quantitative estimate of drug-likeness (QED) is 0.684. The van der Waals surface area contributed by atoms with E-state index in [9.17, 15) is 4.79 Å². The molecule has 2 rings (SSSR count). The maximum absolute atomic E-state index is 10.8. The minimum Gasteiger partial charge on any atom is -0.497 e. The Morgan fingerprint density at radius 2 is 2.29 bits per heavy atom. The number of hydrogen-bond donors (Lipinski definition) is 1. The lowest BCUT2D eigenvalue weighted by molar-refractivity contribution is 0.112. The average Bonchev–Trinajstić information content (AvgIpc) is 2.52. The van der Waals surface area contributed by atoms with Crippen LogP contribution >= 0.6 is 22.6 Å². The van der Waals surface area contributed by atoms with E-state index in [0.717, 1.165) is 26.6 Å². The van der Waals surface area contributed by atoms with Crippen LogP contribution in [0.1, 0.15) is 10.4 Å². The molecule has 4 heteroatoms. The first-order valence-corrected chi connectivity index (χ1v) is 5.14. The van der Waals surface area contributed by atoms with Crippen LogP contribution in [-0.2, 0) is 0 Å². The van der Waals surface area contributed by atoms with Gasteiger partial charge in [0.05, 0.1) is 16.4 Å². The molecule has 3 nitrogen and oxygen atoms in total.